The second-order valence-electron chi connectivity index (χ2n) is 6.42. The Labute approximate surface area is 186 Å². The van der Waals surface area contributed by atoms with Crippen LogP contribution in [0.3, 0.4) is 0 Å². The zero-order valence-corrected chi connectivity index (χ0v) is 19.0. The van der Waals surface area contributed by atoms with Crippen LogP contribution in [0.25, 0.3) is 0 Å². The molecule has 4 nitrogen and oxygen atoms in total. The SMILES string of the molecule is CC/C=C\C/C=C\C/C=C\C/C=C\C/C=C\C/C=C\CC(=O)NCCSCC(=O)O. The van der Waals surface area contributed by atoms with Crippen LogP contribution in [0.1, 0.15) is 51.9 Å². The van der Waals surface area contributed by atoms with E-state index in [1.54, 1.807) is 0 Å². The molecular weight excluding hydrogens is 394 g/mol. The molecule has 30 heavy (non-hydrogen) atoms. The Bertz CT molecular complexity index is 616. The van der Waals surface area contributed by atoms with Crippen molar-refractivity contribution < 1.29 is 14.7 Å². The van der Waals surface area contributed by atoms with Gasteiger partial charge < -0.3 is 10.4 Å². The molecule has 0 saturated carbocycles. The minimum absolute atomic E-state index is 0.0361. The van der Waals surface area contributed by atoms with E-state index in [0.717, 1.165) is 38.5 Å². The average Bonchev–Trinajstić information content (AvgIpc) is 2.72. The third-order valence-electron chi connectivity index (χ3n) is 3.69. The van der Waals surface area contributed by atoms with Crippen molar-refractivity contribution in [3.05, 3.63) is 72.9 Å². The van der Waals surface area contributed by atoms with Gasteiger partial charge >= 0.3 is 5.97 Å². The molecule has 0 aromatic heterocycles. The number of amides is 1. The fourth-order valence-corrected chi connectivity index (χ4v) is 2.77. The smallest absolute Gasteiger partial charge is 0.313 e. The highest BCUT2D eigenvalue weighted by Gasteiger charge is 1.99. The normalized spacial score (nSPS) is 12.6. The van der Waals surface area contributed by atoms with E-state index in [2.05, 4.69) is 73.0 Å². The number of allylic oxidation sites excluding steroid dienone is 11. The van der Waals surface area contributed by atoms with Crippen molar-refractivity contribution in [1.29, 1.82) is 0 Å². The van der Waals surface area contributed by atoms with Crippen LogP contribution in [0.2, 0.25) is 0 Å². The minimum atomic E-state index is -0.829. The summed E-state index contributed by atoms with van der Waals surface area (Å²) in [5, 5.41) is 11.3. The molecule has 0 aliphatic heterocycles. The van der Waals surface area contributed by atoms with E-state index in [0.29, 0.717) is 18.7 Å². The van der Waals surface area contributed by atoms with E-state index in [9.17, 15) is 9.59 Å². The minimum Gasteiger partial charge on any atom is -0.481 e. The molecule has 0 rings (SSSR count). The number of carboxylic acid groups (broad SMARTS) is 1. The number of hydrogen-bond acceptors (Lipinski definition) is 3. The van der Waals surface area contributed by atoms with Gasteiger partial charge in [-0.3, -0.25) is 9.59 Å². The van der Waals surface area contributed by atoms with Gasteiger partial charge in [0.1, 0.15) is 0 Å². The van der Waals surface area contributed by atoms with Crippen LogP contribution in [0.15, 0.2) is 72.9 Å². The van der Waals surface area contributed by atoms with Gasteiger partial charge in [0.15, 0.2) is 0 Å². The molecule has 0 aromatic carbocycles. The first-order valence-corrected chi connectivity index (χ1v) is 11.8. The molecule has 0 atom stereocenters. The lowest BCUT2D eigenvalue weighted by Gasteiger charge is -2.01. The lowest BCUT2D eigenvalue weighted by molar-refractivity contribution is -0.133. The van der Waals surface area contributed by atoms with Crippen molar-refractivity contribution in [1.82, 2.24) is 5.32 Å². The Morgan fingerprint density at radius 1 is 0.733 bits per heavy atom. The average molecular weight is 432 g/mol. The predicted octanol–water partition coefficient (Wildman–Crippen LogP) is 6.01. The van der Waals surface area contributed by atoms with Gasteiger partial charge in [0, 0.05) is 18.7 Å². The van der Waals surface area contributed by atoms with Gasteiger partial charge in [-0.2, -0.15) is 0 Å². The fourth-order valence-electron chi connectivity index (χ4n) is 2.21. The van der Waals surface area contributed by atoms with Crippen LogP contribution < -0.4 is 5.32 Å². The van der Waals surface area contributed by atoms with Crippen LogP contribution in [-0.2, 0) is 9.59 Å². The van der Waals surface area contributed by atoms with Crippen molar-refractivity contribution in [3.8, 4) is 0 Å². The van der Waals surface area contributed by atoms with Gasteiger partial charge in [-0.25, -0.2) is 0 Å². The van der Waals surface area contributed by atoms with E-state index < -0.39 is 5.97 Å². The van der Waals surface area contributed by atoms with E-state index in [1.165, 1.54) is 11.8 Å². The van der Waals surface area contributed by atoms with Crippen molar-refractivity contribution in [2.75, 3.05) is 18.1 Å². The summed E-state index contributed by atoms with van der Waals surface area (Å²) < 4.78 is 0. The highest BCUT2D eigenvalue weighted by atomic mass is 32.2. The highest BCUT2D eigenvalue weighted by molar-refractivity contribution is 7.99. The van der Waals surface area contributed by atoms with Crippen LogP contribution >= 0.6 is 11.8 Å². The molecule has 166 valence electrons. The molecule has 1 amide bonds. The second-order valence-corrected chi connectivity index (χ2v) is 7.52. The van der Waals surface area contributed by atoms with E-state index in [-0.39, 0.29) is 11.7 Å². The highest BCUT2D eigenvalue weighted by Crippen LogP contribution is 1.98. The molecule has 0 bridgehead atoms. The molecule has 5 heteroatoms. The van der Waals surface area contributed by atoms with Gasteiger partial charge in [0.05, 0.1) is 5.75 Å². The summed E-state index contributed by atoms with van der Waals surface area (Å²) in [5.41, 5.74) is 0. The second kappa shape index (κ2) is 23.0. The molecule has 0 aliphatic rings. The quantitative estimate of drug-likeness (QED) is 0.206. The molecule has 0 aromatic rings. The summed E-state index contributed by atoms with van der Waals surface area (Å²) in [5.74, 6) is -0.180. The van der Waals surface area contributed by atoms with Crippen LogP contribution in [0, 0.1) is 0 Å². The first kappa shape index (κ1) is 27.7. The molecule has 0 aliphatic carbocycles. The summed E-state index contributed by atoms with van der Waals surface area (Å²) in [6.45, 7) is 2.64. The summed E-state index contributed by atoms with van der Waals surface area (Å²) in [4.78, 5) is 21.9. The van der Waals surface area contributed by atoms with Crippen molar-refractivity contribution in [2.45, 2.75) is 51.9 Å². The molecule has 2 N–H and O–H groups in total. The Morgan fingerprint density at radius 2 is 1.17 bits per heavy atom. The maximum Gasteiger partial charge on any atom is 0.313 e. The number of carboxylic acids is 1. The summed E-state index contributed by atoms with van der Waals surface area (Å²) >= 11 is 1.30. The fraction of sp³-hybridized carbons (Fsp3) is 0.440. The number of aliphatic carboxylic acids is 1. The molecular formula is C25H37NO3S. The zero-order valence-electron chi connectivity index (χ0n) is 18.2. The van der Waals surface area contributed by atoms with Crippen molar-refractivity contribution in [3.63, 3.8) is 0 Å². The molecule has 0 saturated heterocycles. The summed E-state index contributed by atoms with van der Waals surface area (Å²) in [6, 6.07) is 0. The first-order valence-electron chi connectivity index (χ1n) is 10.6. The van der Waals surface area contributed by atoms with Crippen LogP contribution in [0.5, 0.6) is 0 Å². The summed E-state index contributed by atoms with van der Waals surface area (Å²) in [7, 11) is 0. The molecule has 0 unspecified atom stereocenters. The van der Waals surface area contributed by atoms with Crippen LogP contribution in [-0.4, -0.2) is 35.0 Å². The van der Waals surface area contributed by atoms with Gasteiger partial charge in [0.2, 0.25) is 5.91 Å². The zero-order chi connectivity index (χ0) is 22.1. The largest absolute Gasteiger partial charge is 0.481 e. The Balaban J connectivity index is 3.58. The third kappa shape index (κ3) is 23.8. The van der Waals surface area contributed by atoms with Gasteiger partial charge in [0.25, 0.3) is 0 Å². The molecule has 0 radical (unpaired) electrons. The van der Waals surface area contributed by atoms with Gasteiger partial charge in [-0.1, -0.05) is 79.8 Å². The summed E-state index contributed by atoms with van der Waals surface area (Å²) in [6.07, 6.45) is 31.7. The number of hydrogen-bond donors (Lipinski definition) is 2. The molecule has 0 spiro atoms. The Hall–Kier alpha value is -2.27. The monoisotopic (exact) mass is 431 g/mol. The van der Waals surface area contributed by atoms with Crippen molar-refractivity contribution >= 4 is 23.6 Å². The number of nitrogens with one attached hydrogen (secondary N) is 1. The maximum absolute atomic E-state index is 11.6. The molecule has 0 fully saturated rings. The molecule has 0 heterocycles. The van der Waals surface area contributed by atoms with E-state index in [1.807, 2.05) is 12.2 Å². The lowest BCUT2D eigenvalue weighted by Crippen LogP contribution is -2.25. The van der Waals surface area contributed by atoms with Gasteiger partial charge in [-0.15, -0.1) is 11.8 Å². The number of rotatable bonds is 18. The third-order valence-corrected chi connectivity index (χ3v) is 4.64. The number of thioether (sulfide) groups is 1. The van der Waals surface area contributed by atoms with Gasteiger partial charge in [-0.05, 0) is 38.5 Å². The standard InChI is InChI=1S/C25H37NO3S/c1-2-3-4-5-6-7-8-9-10-11-12-13-14-15-16-17-18-19-20-24(27)26-21-22-30-23-25(28)29/h3-4,6-7,9-10,12-13,15-16,18-19H,2,5,8,11,14,17,20-23H2,1H3,(H,26,27)(H,28,29)/b4-3-,7-6-,10-9-,13-12-,16-15-,19-18-. The van der Waals surface area contributed by atoms with E-state index >= 15 is 0 Å². The topological polar surface area (TPSA) is 66.4 Å². The maximum atomic E-state index is 11.6. The number of carbonyl (C=O) groups excluding carboxylic acids is 1. The lowest BCUT2D eigenvalue weighted by atomic mass is 10.2. The Kier molecular flexibility index (Phi) is 21.3. The van der Waals surface area contributed by atoms with Crippen molar-refractivity contribution in [2.24, 2.45) is 0 Å². The van der Waals surface area contributed by atoms with E-state index in [4.69, 9.17) is 5.11 Å². The Morgan fingerprint density at radius 3 is 1.60 bits per heavy atom. The van der Waals surface area contributed by atoms with Crippen LogP contribution in [0.4, 0.5) is 0 Å². The predicted molar refractivity (Wildman–Crippen MR) is 131 cm³/mol. The first-order chi connectivity index (χ1) is 14.7. The number of carbonyl (C=O) groups is 2.